The summed E-state index contributed by atoms with van der Waals surface area (Å²) in [6.07, 6.45) is 2.29. The summed E-state index contributed by atoms with van der Waals surface area (Å²) in [5, 5.41) is 8.83. The van der Waals surface area contributed by atoms with Crippen LogP contribution in [0, 0.1) is 5.92 Å². The van der Waals surface area contributed by atoms with Crippen LogP contribution in [0.5, 0.6) is 0 Å². The number of nitrogens with zero attached hydrogens (tertiary/aromatic N) is 2. The molecule has 0 fully saturated rings. The zero-order valence-electron chi connectivity index (χ0n) is 10.9. The van der Waals surface area contributed by atoms with Crippen molar-refractivity contribution in [3.63, 3.8) is 0 Å². The average Bonchev–Trinajstić information content (AvgIpc) is 2.37. The van der Waals surface area contributed by atoms with E-state index in [1.807, 2.05) is 13.0 Å². The second-order valence-corrected chi connectivity index (χ2v) is 4.29. The normalized spacial score (nSPS) is 11.9. The fourth-order valence-electron chi connectivity index (χ4n) is 1.67. The van der Waals surface area contributed by atoms with Crippen LogP contribution in [-0.4, -0.2) is 40.5 Å². The van der Waals surface area contributed by atoms with Crippen molar-refractivity contribution in [1.29, 1.82) is 0 Å². The smallest absolute Gasteiger partial charge is 0.308 e. The van der Waals surface area contributed by atoms with Gasteiger partial charge in [0.25, 0.3) is 5.91 Å². The summed E-state index contributed by atoms with van der Waals surface area (Å²) in [4.78, 5) is 28.4. The molecule has 0 bridgehead atoms. The minimum Gasteiger partial charge on any atom is -0.481 e. The van der Waals surface area contributed by atoms with Gasteiger partial charge in [-0.25, -0.2) is 0 Å². The first kappa shape index (κ1) is 14.2. The summed E-state index contributed by atoms with van der Waals surface area (Å²) >= 11 is 0. The highest BCUT2D eigenvalue weighted by atomic mass is 16.4. The second-order valence-electron chi connectivity index (χ2n) is 4.29. The Morgan fingerprint density at radius 1 is 1.50 bits per heavy atom. The van der Waals surface area contributed by atoms with E-state index in [2.05, 4.69) is 4.98 Å². The summed E-state index contributed by atoms with van der Waals surface area (Å²) in [6, 6.07) is 3.64. The molecule has 18 heavy (non-hydrogen) atoms. The van der Waals surface area contributed by atoms with Crippen molar-refractivity contribution in [3.8, 4) is 0 Å². The predicted molar refractivity (Wildman–Crippen MR) is 67.4 cm³/mol. The van der Waals surface area contributed by atoms with Crippen molar-refractivity contribution in [3.05, 3.63) is 29.6 Å². The minimum absolute atomic E-state index is 0.174. The van der Waals surface area contributed by atoms with E-state index in [0.29, 0.717) is 5.69 Å². The molecule has 0 aromatic carbocycles. The molecule has 98 valence electrons. The Kier molecular flexibility index (Phi) is 4.83. The van der Waals surface area contributed by atoms with Gasteiger partial charge >= 0.3 is 5.97 Å². The number of carboxylic acid groups (broad SMARTS) is 1. The number of hydrogen-bond acceptors (Lipinski definition) is 3. The van der Waals surface area contributed by atoms with Crippen LogP contribution in [0.1, 0.15) is 29.9 Å². The Morgan fingerprint density at radius 2 is 2.17 bits per heavy atom. The molecule has 1 aromatic rings. The van der Waals surface area contributed by atoms with E-state index >= 15 is 0 Å². The summed E-state index contributed by atoms with van der Waals surface area (Å²) in [7, 11) is 1.59. The topological polar surface area (TPSA) is 70.5 Å². The summed E-state index contributed by atoms with van der Waals surface area (Å²) in [5.74, 6) is -1.74. The molecule has 1 aromatic heterocycles. The number of pyridine rings is 1. The van der Waals surface area contributed by atoms with Crippen molar-refractivity contribution in [1.82, 2.24) is 9.88 Å². The highest BCUT2D eigenvalue weighted by Gasteiger charge is 2.20. The minimum atomic E-state index is -0.911. The van der Waals surface area contributed by atoms with E-state index in [0.717, 1.165) is 12.0 Å². The Bertz CT molecular complexity index is 446. The number of carbonyl (C=O) groups is 2. The lowest BCUT2D eigenvalue weighted by molar-refractivity contribution is -0.141. The zero-order chi connectivity index (χ0) is 13.7. The van der Waals surface area contributed by atoms with Gasteiger partial charge in [-0.3, -0.25) is 14.6 Å². The van der Waals surface area contributed by atoms with Gasteiger partial charge in [0.2, 0.25) is 0 Å². The predicted octanol–water partition coefficient (Wildman–Crippen LogP) is 1.44. The highest BCUT2D eigenvalue weighted by molar-refractivity contribution is 5.93. The summed E-state index contributed by atoms with van der Waals surface area (Å²) in [6.45, 7) is 3.70. The molecule has 1 unspecified atom stereocenters. The molecule has 0 aliphatic carbocycles. The third-order valence-corrected chi connectivity index (χ3v) is 2.79. The molecular weight excluding hydrogens is 232 g/mol. The van der Waals surface area contributed by atoms with Crippen LogP contribution < -0.4 is 0 Å². The monoisotopic (exact) mass is 250 g/mol. The van der Waals surface area contributed by atoms with Crippen LogP contribution in [-0.2, 0) is 11.2 Å². The maximum absolute atomic E-state index is 12.2. The molecule has 0 saturated carbocycles. The number of aliphatic carboxylic acids is 1. The Morgan fingerprint density at radius 3 is 2.72 bits per heavy atom. The molecule has 5 heteroatoms. The first-order valence-electron chi connectivity index (χ1n) is 5.89. The number of hydrogen-bond donors (Lipinski definition) is 1. The molecule has 0 spiro atoms. The van der Waals surface area contributed by atoms with E-state index in [9.17, 15) is 9.59 Å². The van der Waals surface area contributed by atoms with E-state index in [-0.39, 0.29) is 12.5 Å². The van der Waals surface area contributed by atoms with Gasteiger partial charge in [0, 0.05) is 19.8 Å². The molecule has 0 aliphatic rings. The SMILES string of the molecule is CCc1cccnc1C(=O)N(C)CC(C)C(=O)O. The quantitative estimate of drug-likeness (QED) is 0.858. The number of aryl methyl sites for hydroxylation is 1. The van der Waals surface area contributed by atoms with Crippen molar-refractivity contribution >= 4 is 11.9 Å². The zero-order valence-corrected chi connectivity index (χ0v) is 10.9. The molecule has 1 amide bonds. The van der Waals surface area contributed by atoms with Crippen LogP contribution in [0.25, 0.3) is 0 Å². The van der Waals surface area contributed by atoms with Crippen LogP contribution in [0.3, 0.4) is 0 Å². The highest BCUT2D eigenvalue weighted by Crippen LogP contribution is 2.10. The van der Waals surface area contributed by atoms with Gasteiger partial charge < -0.3 is 10.0 Å². The number of carboxylic acids is 1. The fraction of sp³-hybridized carbons (Fsp3) is 0.462. The number of carbonyl (C=O) groups excluding carboxylic acids is 1. The fourth-order valence-corrected chi connectivity index (χ4v) is 1.67. The average molecular weight is 250 g/mol. The number of rotatable bonds is 5. The van der Waals surface area contributed by atoms with Gasteiger partial charge in [-0.1, -0.05) is 19.9 Å². The van der Waals surface area contributed by atoms with Gasteiger partial charge in [0.15, 0.2) is 0 Å². The number of aromatic nitrogens is 1. The van der Waals surface area contributed by atoms with Gasteiger partial charge in [-0.15, -0.1) is 0 Å². The number of amides is 1. The van der Waals surface area contributed by atoms with E-state index < -0.39 is 11.9 Å². The van der Waals surface area contributed by atoms with Crippen LogP contribution in [0.15, 0.2) is 18.3 Å². The molecular formula is C13H18N2O3. The van der Waals surface area contributed by atoms with Gasteiger partial charge in [-0.2, -0.15) is 0 Å². The van der Waals surface area contributed by atoms with Gasteiger partial charge in [0.1, 0.15) is 5.69 Å². The molecule has 0 saturated heterocycles. The van der Waals surface area contributed by atoms with E-state index in [1.165, 1.54) is 4.90 Å². The van der Waals surface area contributed by atoms with Crippen LogP contribution in [0.2, 0.25) is 0 Å². The lowest BCUT2D eigenvalue weighted by Gasteiger charge is -2.20. The second kappa shape index (κ2) is 6.14. The third kappa shape index (κ3) is 3.29. The van der Waals surface area contributed by atoms with Crippen LogP contribution >= 0.6 is 0 Å². The molecule has 0 radical (unpaired) electrons. The molecule has 1 heterocycles. The maximum atomic E-state index is 12.2. The molecule has 1 N–H and O–H groups in total. The standard InChI is InChI=1S/C13H18N2O3/c1-4-10-6-5-7-14-11(10)12(16)15(3)8-9(2)13(17)18/h5-7,9H,4,8H2,1-3H3,(H,17,18). The first-order chi connectivity index (χ1) is 8.47. The van der Waals surface area contributed by atoms with Gasteiger partial charge in [-0.05, 0) is 18.1 Å². The molecule has 1 rings (SSSR count). The Balaban J connectivity index is 2.83. The van der Waals surface area contributed by atoms with E-state index in [1.54, 1.807) is 26.2 Å². The molecule has 0 aliphatic heterocycles. The lowest BCUT2D eigenvalue weighted by atomic mass is 10.1. The molecule has 5 nitrogen and oxygen atoms in total. The maximum Gasteiger partial charge on any atom is 0.308 e. The van der Waals surface area contributed by atoms with E-state index in [4.69, 9.17) is 5.11 Å². The lowest BCUT2D eigenvalue weighted by Crippen LogP contribution is -2.34. The summed E-state index contributed by atoms with van der Waals surface area (Å²) < 4.78 is 0. The van der Waals surface area contributed by atoms with Crippen molar-refractivity contribution in [2.24, 2.45) is 5.92 Å². The molecule has 1 atom stereocenters. The van der Waals surface area contributed by atoms with Crippen molar-refractivity contribution < 1.29 is 14.7 Å². The Hall–Kier alpha value is -1.91. The van der Waals surface area contributed by atoms with Crippen molar-refractivity contribution in [2.75, 3.05) is 13.6 Å². The first-order valence-corrected chi connectivity index (χ1v) is 5.89. The van der Waals surface area contributed by atoms with Crippen LogP contribution in [0.4, 0.5) is 0 Å². The third-order valence-electron chi connectivity index (χ3n) is 2.79. The van der Waals surface area contributed by atoms with Crippen molar-refractivity contribution in [2.45, 2.75) is 20.3 Å². The largest absolute Gasteiger partial charge is 0.481 e. The van der Waals surface area contributed by atoms with Gasteiger partial charge in [0.05, 0.1) is 5.92 Å². The Labute approximate surface area is 106 Å². The summed E-state index contributed by atoms with van der Waals surface area (Å²) in [5.41, 5.74) is 1.28.